The summed E-state index contributed by atoms with van der Waals surface area (Å²) in [5.74, 6) is -2.03. The Labute approximate surface area is 218 Å². The summed E-state index contributed by atoms with van der Waals surface area (Å²) in [4.78, 5) is 43.0. The predicted molar refractivity (Wildman–Crippen MR) is 136 cm³/mol. The minimum Gasteiger partial charge on any atom is -0.488 e. The number of carboxylic acid groups (broad SMARTS) is 2. The number of thioether (sulfide) groups is 2. The fraction of sp³-hybridized carbons (Fsp3) is 0.417. The molecule has 12 heteroatoms. The Balaban J connectivity index is 2.83. The molecule has 0 saturated heterocycles. The minimum atomic E-state index is -1.26. The Kier molecular flexibility index (Phi) is 13.0. The van der Waals surface area contributed by atoms with Crippen molar-refractivity contribution in [3.8, 4) is 11.5 Å². The van der Waals surface area contributed by atoms with Crippen LogP contribution in [0.25, 0.3) is 0 Å². The van der Waals surface area contributed by atoms with Gasteiger partial charge in [0.05, 0.1) is 0 Å². The van der Waals surface area contributed by atoms with Crippen molar-refractivity contribution in [1.82, 2.24) is 0 Å². The van der Waals surface area contributed by atoms with Crippen LogP contribution in [-0.2, 0) is 28.7 Å². The third-order valence-corrected chi connectivity index (χ3v) is 6.26. The van der Waals surface area contributed by atoms with E-state index in [1.54, 1.807) is 38.1 Å². The van der Waals surface area contributed by atoms with Crippen LogP contribution in [-0.4, -0.2) is 68.7 Å². The fourth-order valence-corrected chi connectivity index (χ4v) is 4.45. The summed E-state index contributed by atoms with van der Waals surface area (Å²) < 4.78 is 22.4. The Morgan fingerprint density at radius 3 is 1.50 bits per heavy atom. The Bertz CT molecular complexity index is 904. The van der Waals surface area contributed by atoms with E-state index in [1.165, 1.54) is 23.5 Å². The molecule has 0 aliphatic rings. The van der Waals surface area contributed by atoms with E-state index in [0.29, 0.717) is 35.2 Å². The van der Waals surface area contributed by atoms with Crippen molar-refractivity contribution >= 4 is 47.4 Å². The number of esters is 2. The second kappa shape index (κ2) is 15.1. The van der Waals surface area contributed by atoms with Gasteiger partial charge in [0.2, 0.25) is 0 Å². The largest absolute Gasteiger partial charge is 0.488 e. The molecule has 0 saturated carbocycles. The lowest BCUT2D eigenvalue weighted by Crippen LogP contribution is -2.35. The maximum atomic E-state index is 12.0. The Morgan fingerprint density at radius 2 is 1.17 bits per heavy atom. The number of carbonyl (C=O) groups is 4. The highest BCUT2D eigenvalue weighted by Gasteiger charge is 2.31. The van der Waals surface area contributed by atoms with Gasteiger partial charge < -0.3 is 29.2 Å². The molecule has 1 aromatic carbocycles. The zero-order valence-electron chi connectivity index (χ0n) is 20.4. The van der Waals surface area contributed by atoms with E-state index in [2.05, 4.69) is 0 Å². The minimum absolute atomic E-state index is 0.0153. The molecule has 0 aromatic heterocycles. The van der Waals surface area contributed by atoms with Gasteiger partial charge in [0, 0.05) is 30.4 Å². The quantitative estimate of drug-likeness (QED) is 0.178. The van der Waals surface area contributed by atoms with Crippen molar-refractivity contribution in [2.24, 2.45) is 0 Å². The average molecular weight is 543 g/mol. The van der Waals surface area contributed by atoms with Crippen molar-refractivity contribution in [3.05, 3.63) is 48.6 Å². The number of ether oxygens (including phenoxy) is 4. The van der Waals surface area contributed by atoms with Crippen LogP contribution in [0.15, 0.2) is 48.6 Å². The molecule has 1 rings (SSSR count). The van der Waals surface area contributed by atoms with Crippen molar-refractivity contribution < 1.29 is 48.3 Å². The van der Waals surface area contributed by atoms with E-state index in [4.69, 9.17) is 29.2 Å². The van der Waals surface area contributed by atoms with Crippen LogP contribution in [0.2, 0.25) is 0 Å². The number of carboxylic acids is 2. The highest BCUT2D eigenvalue weighted by Crippen LogP contribution is 2.31. The molecule has 0 aliphatic carbocycles. The molecule has 198 valence electrons. The normalized spacial score (nSPS) is 14.6. The number of hydrogen-bond acceptors (Lipinski definition) is 10. The molecular weight excluding hydrogens is 512 g/mol. The molecular formula is C24H30O10S2. The van der Waals surface area contributed by atoms with E-state index in [9.17, 15) is 19.2 Å². The SMILES string of the molecule is CCSC(C)(COc1cccc(OCC(C)(OC(=O)C=CC(=O)O)SCC)c1)OC(=O)C=CC(=O)O. The van der Waals surface area contributed by atoms with Gasteiger partial charge in [-0.05, 0) is 37.5 Å². The van der Waals surface area contributed by atoms with Gasteiger partial charge in [-0.15, -0.1) is 23.5 Å². The fourth-order valence-electron chi connectivity index (χ4n) is 2.67. The first-order chi connectivity index (χ1) is 16.9. The van der Waals surface area contributed by atoms with Crippen molar-refractivity contribution in [2.75, 3.05) is 24.7 Å². The molecule has 0 fully saturated rings. The lowest BCUT2D eigenvalue weighted by Gasteiger charge is -2.28. The molecule has 0 heterocycles. The Hall–Kier alpha value is -3.12. The number of benzene rings is 1. The monoisotopic (exact) mass is 542 g/mol. The predicted octanol–water partition coefficient (Wildman–Crippen LogP) is 3.75. The molecule has 10 nitrogen and oxygen atoms in total. The van der Waals surface area contributed by atoms with Crippen molar-refractivity contribution in [3.63, 3.8) is 0 Å². The maximum absolute atomic E-state index is 12.0. The number of aliphatic carboxylic acids is 2. The summed E-state index contributed by atoms with van der Waals surface area (Å²) in [6, 6.07) is 6.69. The maximum Gasteiger partial charge on any atom is 0.332 e. The number of rotatable bonds is 16. The number of carbonyl (C=O) groups excluding carboxylic acids is 2. The zero-order valence-corrected chi connectivity index (χ0v) is 22.1. The summed E-state index contributed by atoms with van der Waals surface area (Å²) in [7, 11) is 0. The second-order valence-electron chi connectivity index (χ2n) is 7.37. The standard InChI is InChI=1S/C24H30O10S2/c1-5-35-23(3,33-21(29)12-10-19(25)26)15-31-17-8-7-9-18(14-17)32-16-24(4,36-6-2)34-22(30)13-11-20(27)28/h7-14H,5-6,15-16H2,1-4H3,(H,25,26)(H,27,28). The molecule has 1 aromatic rings. The summed E-state index contributed by atoms with van der Waals surface area (Å²) in [5.41, 5.74) is 0. The van der Waals surface area contributed by atoms with Crippen molar-refractivity contribution in [2.45, 2.75) is 37.6 Å². The highest BCUT2D eigenvalue weighted by atomic mass is 32.2. The third kappa shape index (κ3) is 12.5. The first-order valence-corrected chi connectivity index (χ1v) is 12.8. The number of hydrogen-bond donors (Lipinski definition) is 2. The molecule has 0 aliphatic heterocycles. The van der Waals surface area contributed by atoms with E-state index in [1.807, 2.05) is 13.8 Å². The topological polar surface area (TPSA) is 146 Å². The summed E-state index contributed by atoms with van der Waals surface area (Å²) in [6.45, 7) is 7.06. The van der Waals surface area contributed by atoms with Gasteiger partial charge in [-0.2, -0.15) is 0 Å². The highest BCUT2D eigenvalue weighted by molar-refractivity contribution is 8.00. The zero-order chi connectivity index (χ0) is 27.2. The summed E-state index contributed by atoms with van der Waals surface area (Å²) >= 11 is 2.64. The van der Waals surface area contributed by atoms with Crippen LogP contribution in [0.4, 0.5) is 0 Å². The molecule has 0 spiro atoms. The van der Waals surface area contributed by atoms with Gasteiger partial charge in [-0.25, -0.2) is 19.2 Å². The van der Waals surface area contributed by atoms with Gasteiger partial charge in [0.25, 0.3) is 0 Å². The van der Waals surface area contributed by atoms with Gasteiger partial charge in [0.15, 0.2) is 9.87 Å². The van der Waals surface area contributed by atoms with E-state index in [0.717, 1.165) is 12.2 Å². The van der Waals surface area contributed by atoms with Gasteiger partial charge in [-0.1, -0.05) is 19.9 Å². The smallest absolute Gasteiger partial charge is 0.332 e. The second-order valence-corrected chi connectivity index (χ2v) is 10.8. The van der Waals surface area contributed by atoms with Crippen LogP contribution >= 0.6 is 23.5 Å². The lowest BCUT2D eigenvalue weighted by atomic mass is 10.3. The molecule has 0 bridgehead atoms. The van der Waals surface area contributed by atoms with Gasteiger partial charge in [0.1, 0.15) is 24.7 Å². The van der Waals surface area contributed by atoms with Crippen LogP contribution in [0.5, 0.6) is 11.5 Å². The lowest BCUT2D eigenvalue weighted by molar-refractivity contribution is -0.147. The van der Waals surface area contributed by atoms with Crippen LogP contribution in [0.3, 0.4) is 0 Å². The van der Waals surface area contributed by atoms with E-state index >= 15 is 0 Å². The Morgan fingerprint density at radius 1 is 0.778 bits per heavy atom. The molecule has 36 heavy (non-hydrogen) atoms. The van der Waals surface area contributed by atoms with Crippen molar-refractivity contribution in [1.29, 1.82) is 0 Å². The molecule has 0 amide bonds. The molecule has 2 N–H and O–H groups in total. The summed E-state index contributed by atoms with van der Waals surface area (Å²) in [6.07, 6.45) is 3.07. The first-order valence-electron chi connectivity index (χ1n) is 10.8. The summed E-state index contributed by atoms with van der Waals surface area (Å²) in [5, 5.41) is 17.3. The molecule has 2 unspecified atom stereocenters. The first kappa shape index (κ1) is 30.9. The van der Waals surface area contributed by atoms with Gasteiger partial charge in [-0.3, -0.25) is 0 Å². The molecule has 0 radical (unpaired) electrons. The van der Waals surface area contributed by atoms with E-state index < -0.39 is 33.7 Å². The van der Waals surface area contributed by atoms with Crippen LogP contribution in [0, 0.1) is 0 Å². The molecule has 2 atom stereocenters. The third-order valence-electron chi connectivity index (χ3n) is 4.06. The van der Waals surface area contributed by atoms with Crippen LogP contribution < -0.4 is 9.47 Å². The van der Waals surface area contributed by atoms with Gasteiger partial charge >= 0.3 is 23.9 Å². The van der Waals surface area contributed by atoms with Crippen LogP contribution in [0.1, 0.15) is 27.7 Å². The average Bonchev–Trinajstić information content (AvgIpc) is 2.79. The van der Waals surface area contributed by atoms with E-state index in [-0.39, 0.29) is 13.2 Å².